The fraction of sp³-hybridized carbons (Fsp3) is 0.583. The van der Waals surface area contributed by atoms with E-state index in [-0.39, 0.29) is 0 Å². The van der Waals surface area contributed by atoms with Crippen molar-refractivity contribution >= 4 is 22.3 Å². The maximum absolute atomic E-state index is 10.8. The molecule has 1 fully saturated rings. The van der Waals surface area contributed by atoms with Gasteiger partial charge in [0.2, 0.25) is 0 Å². The second-order valence-electron chi connectivity index (χ2n) is 4.19. The molecule has 0 saturated carbocycles. The third-order valence-corrected chi connectivity index (χ3v) is 4.29. The molecular weight excluding hydrogens is 222 g/mol. The van der Waals surface area contributed by atoms with Crippen molar-refractivity contribution < 1.29 is 9.90 Å². The topological polar surface area (TPSA) is 40.5 Å². The van der Waals surface area contributed by atoms with Gasteiger partial charge in [0, 0.05) is 12.6 Å². The Hall–Kier alpha value is -1.03. The van der Waals surface area contributed by atoms with Crippen molar-refractivity contribution in [3.8, 4) is 0 Å². The minimum atomic E-state index is -0.818. The van der Waals surface area contributed by atoms with Crippen LogP contribution in [0.1, 0.15) is 42.3 Å². The number of hydrogen-bond acceptors (Lipinski definition) is 3. The standard InChI is InChI=1S/C12H17NO2S/c1-2-9-5-3-4-8-13(9)11-7-6-10(16-11)12(14)15/h6-7,9H,2-5,8H2,1H3,(H,14,15). The highest BCUT2D eigenvalue weighted by Crippen LogP contribution is 2.32. The van der Waals surface area contributed by atoms with Gasteiger partial charge in [-0.15, -0.1) is 11.3 Å². The summed E-state index contributed by atoms with van der Waals surface area (Å²) in [7, 11) is 0. The van der Waals surface area contributed by atoms with Gasteiger partial charge in [-0.25, -0.2) is 4.79 Å². The van der Waals surface area contributed by atoms with Crippen LogP contribution in [0.25, 0.3) is 0 Å². The Balaban J connectivity index is 2.17. The van der Waals surface area contributed by atoms with Crippen LogP contribution < -0.4 is 4.90 Å². The van der Waals surface area contributed by atoms with E-state index >= 15 is 0 Å². The van der Waals surface area contributed by atoms with Crippen LogP contribution in [-0.4, -0.2) is 23.7 Å². The number of rotatable bonds is 3. The zero-order valence-corrected chi connectivity index (χ0v) is 10.3. The predicted molar refractivity (Wildman–Crippen MR) is 66.6 cm³/mol. The van der Waals surface area contributed by atoms with Crippen molar-refractivity contribution in [1.82, 2.24) is 0 Å². The van der Waals surface area contributed by atoms with E-state index in [1.807, 2.05) is 6.07 Å². The van der Waals surface area contributed by atoms with E-state index in [9.17, 15) is 4.79 Å². The van der Waals surface area contributed by atoms with Crippen molar-refractivity contribution in [3.63, 3.8) is 0 Å². The van der Waals surface area contributed by atoms with Crippen molar-refractivity contribution in [2.24, 2.45) is 0 Å². The highest BCUT2D eigenvalue weighted by atomic mass is 32.1. The predicted octanol–water partition coefficient (Wildman–Crippen LogP) is 3.22. The Morgan fingerprint density at radius 3 is 3.00 bits per heavy atom. The molecule has 0 radical (unpaired) electrons. The van der Waals surface area contributed by atoms with Gasteiger partial charge in [-0.1, -0.05) is 6.92 Å². The van der Waals surface area contributed by atoms with Crippen LogP contribution in [0.2, 0.25) is 0 Å². The Labute approximate surface area is 99.7 Å². The molecule has 1 atom stereocenters. The summed E-state index contributed by atoms with van der Waals surface area (Å²) in [5.41, 5.74) is 0. The highest BCUT2D eigenvalue weighted by molar-refractivity contribution is 7.17. The lowest BCUT2D eigenvalue weighted by Crippen LogP contribution is -2.38. The van der Waals surface area contributed by atoms with E-state index in [2.05, 4.69) is 11.8 Å². The number of anilines is 1. The maximum atomic E-state index is 10.8. The largest absolute Gasteiger partial charge is 0.477 e. The van der Waals surface area contributed by atoms with E-state index in [0.717, 1.165) is 18.0 Å². The molecule has 1 aromatic rings. The van der Waals surface area contributed by atoms with Gasteiger partial charge in [-0.05, 0) is 37.8 Å². The maximum Gasteiger partial charge on any atom is 0.345 e. The minimum Gasteiger partial charge on any atom is -0.477 e. The number of nitrogens with zero attached hydrogens (tertiary/aromatic N) is 1. The third kappa shape index (κ3) is 2.21. The smallest absolute Gasteiger partial charge is 0.345 e. The number of aromatic carboxylic acids is 1. The first kappa shape index (κ1) is 11.5. The van der Waals surface area contributed by atoms with Crippen molar-refractivity contribution in [1.29, 1.82) is 0 Å². The quantitative estimate of drug-likeness (QED) is 0.880. The molecule has 3 nitrogen and oxygen atoms in total. The van der Waals surface area contributed by atoms with E-state index in [1.165, 1.54) is 30.6 Å². The molecule has 1 aromatic heterocycles. The summed E-state index contributed by atoms with van der Waals surface area (Å²) in [4.78, 5) is 13.7. The van der Waals surface area contributed by atoms with Gasteiger partial charge in [0.1, 0.15) is 4.88 Å². The average Bonchev–Trinajstić information content (AvgIpc) is 2.78. The number of piperidine rings is 1. The first-order valence-corrected chi connectivity index (χ1v) is 6.63. The van der Waals surface area contributed by atoms with Crippen LogP contribution in [0.5, 0.6) is 0 Å². The number of carboxylic acid groups (broad SMARTS) is 1. The molecule has 1 aliphatic rings. The molecule has 0 bridgehead atoms. The molecule has 88 valence electrons. The monoisotopic (exact) mass is 239 g/mol. The van der Waals surface area contributed by atoms with Gasteiger partial charge in [0.15, 0.2) is 0 Å². The van der Waals surface area contributed by atoms with E-state index < -0.39 is 5.97 Å². The Bertz CT molecular complexity index is 375. The molecule has 4 heteroatoms. The summed E-state index contributed by atoms with van der Waals surface area (Å²) in [6, 6.07) is 4.25. The number of carbonyl (C=O) groups is 1. The minimum absolute atomic E-state index is 0.440. The van der Waals surface area contributed by atoms with Crippen molar-refractivity contribution in [3.05, 3.63) is 17.0 Å². The van der Waals surface area contributed by atoms with Crippen LogP contribution in [0.15, 0.2) is 12.1 Å². The van der Waals surface area contributed by atoms with Crippen molar-refractivity contribution in [2.75, 3.05) is 11.4 Å². The Kier molecular flexibility index (Phi) is 3.49. The SMILES string of the molecule is CCC1CCCCN1c1ccc(C(=O)O)s1. The molecular formula is C12H17NO2S. The second-order valence-corrected chi connectivity index (χ2v) is 5.26. The average molecular weight is 239 g/mol. The number of hydrogen-bond donors (Lipinski definition) is 1. The lowest BCUT2D eigenvalue weighted by molar-refractivity contribution is 0.0702. The van der Waals surface area contributed by atoms with E-state index in [1.54, 1.807) is 6.07 Å². The number of carboxylic acids is 1. The lowest BCUT2D eigenvalue weighted by Gasteiger charge is -2.36. The summed E-state index contributed by atoms with van der Waals surface area (Å²) in [6.07, 6.45) is 4.89. The van der Waals surface area contributed by atoms with Gasteiger partial charge in [0.25, 0.3) is 0 Å². The molecule has 0 spiro atoms. The molecule has 0 aliphatic carbocycles. The first-order valence-electron chi connectivity index (χ1n) is 5.82. The second kappa shape index (κ2) is 4.87. The zero-order chi connectivity index (χ0) is 11.5. The van der Waals surface area contributed by atoms with Crippen molar-refractivity contribution in [2.45, 2.75) is 38.6 Å². The molecule has 1 N–H and O–H groups in total. The number of thiophene rings is 1. The van der Waals surface area contributed by atoms with Gasteiger partial charge in [0.05, 0.1) is 5.00 Å². The fourth-order valence-corrected chi connectivity index (χ4v) is 3.25. The van der Waals surface area contributed by atoms with Gasteiger partial charge in [-0.3, -0.25) is 0 Å². The summed E-state index contributed by atoms with van der Waals surface area (Å²) in [5.74, 6) is -0.818. The van der Waals surface area contributed by atoms with Crippen LogP contribution in [0.4, 0.5) is 5.00 Å². The summed E-state index contributed by atoms with van der Waals surface area (Å²) in [6.45, 7) is 3.27. The zero-order valence-electron chi connectivity index (χ0n) is 9.48. The molecule has 2 heterocycles. The molecule has 16 heavy (non-hydrogen) atoms. The fourth-order valence-electron chi connectivity index (χ4n) is 2.31. The summed E-state index contributed by atoms with van der Waals surface area (Å²) >= 11 is 1.39. The lowest BCUT2D eigenvalue weighted by atomic mass is 10.0. The van der Waals surface area contributed by atoms with Gasteiger partial charge >= 0.3 is 5.97 Å². The van der Waals surface area contributed by atoms with Gasteiger partial charge in [-0.2, -0.15) is 0 Å². The summed E-state index contributed by atoms with van der Waals surface area (Å²) < 4.78 is 0. The molecule has 0 amide bonds. The van der Waals surface area contributed by atoms with Crippen LogP contribution in [0, 0.1) is 0 Å². The van der Waals surface area contributed by atoms with Gasteiger partial charge < -0.3 is 10.0 Å². The highest BCUT2D eigenvalue weighted by Gasteiger charge is 2.22. The Morgan fingerprint density at radius 1 is 1.56 bits per heavy atom. The molecule has 2 rings (SSSR count). The Morgan fingerprint density at radius 2 is 2.38 bits per heavy atom. The molecule has 1 unspecified atom stereocenters. The molecule has 1 saturated heterocycles. The first-order chi connectivity index (χ1) is 7.72. The van der Waals surface area contributed by atoms with E-state index in [0.29, 0.717) is 10.9 Å². The normalized spacial score (nSPS) is 21.1. The van der Waals surface area contributed by atoms with Crippen LogP contribution in [-0.2, 0) is 0 Å². The third-order valence-electron chi connectivity index (χ3n) is 3.18. The molecule has 1 aliphatic heterocycles. The summed E-state index contributed by atoms with van der Waals surface area (Å²) in [5, 5.41) is 10.0. The van der Waals surface area contributed by atoms with Crippen LogP contribution in [0.3, 0.4) is 0 Å². The molecule has 0 aromatic carbocycles. The van der Waals surface area contributed by atoms with Crippen LogP contribution >= 0.6 is 11.3 Å². The van der Waals surface area contributed by atoms with E-state index in [4.69, 9.17) is 5.11 Å².